The van der Waals surface area contributed by atoms with Crippen molar-refractivity contribution in [2.24, 2.45) is 4.99 Å². The molecular formula is C21H28N4O3. The summed E-state index contributed by atoms with van der Waals surface area (Å²) >= 11 is 0. The number of nitrogens with one attached hydrogen (secondary N) is 1. The molecule has 1 fully saturated rings. The third kappa shape index (κ3) is 4.60. The van der Waals surface area contributed by atoms with E-state index < -0.39 is 0 Å². The zero-order valence-corrected chi connectivity index (χ0v) is 16.7. The number of guanidine groups is 1. The third-order valence-corrected chi connectivity index (χ3v) is 4.95. The van der Waals surface area contributed by atoms with Gasteiger partial charge in [-0.05, 0) is 42.5 Å². The lowest BCUT2D eigenvalue weighted by Gasteiger charge is -2.37. The minimum Gasteiger partial charge on any atom is -0.508 e. The summed E-state index contributed by atoms with van der Waals surface area (Å²) in [5.74, 6) is 2.66. The highest BCUT2D eigenvalue weighted by molar-refractivity contribution is 5.80. The van der Waals surface area contributed by atoms with Gasteiger partial charge in [0.1, 0.15) is 17.2 Å². The Morgan fingerprint density at radius 2 is 1.64 bits per heavy atom. The lowest BCUT2D eigenvalue weighted by Crippen LogP contribution is -2.52. The van der Waals surface area contributed by atoms with Crippen molar-refractivity contribution in [3.63, 3.8) is 0 Å². The van der Waals surface area contributed by atoms with Crippen LogP contribution in [0.3, 0.4) is 0 Å². The molecule has 0 bridgehead atoms. The second-order valence-corrected chi connectivity index (χ2v) is 6.57. The molecule has 2 aromatic carbocycles. The largest absolute Gasteiger partial charge is 0.508 e. The van der Waals surface area contributed by atoms with E-state index in [0.29, 0.717) is 6.54 Å². The minimum absolute atomic E-state index is 0.244. The van der Waals surface area contributed by atoms with Crippen LogP contribution in [0, 0.1) is 0 Å². The van der Waals surface area contributed by atoms with Gasteiger partial charge in [0.2, 0.25) is 0 Å². The molecule has 0 unspecified atom stereocenters. The Labute approximate surface area is 166 Å². The van der Waals surface area contributed by atoms with Crippen molar-refractivity contribution in [1.82, 2.24) is 10.2 Å². The molecule has 1 heterocycles. The highest BCUT2D eigenvalue weighted by Crippen LogP contribution is 2.23. The fourth-order valence-electron chi connectivity index (χ4n) is 3.31. The van der Waals surface area contributed by atoms with Crippen molar-refractivity contribution in [3.05, 3.63) is 48.0 Å². The van der Waals surface area contributed by atoms with E-state index in [9.17, 15) is 5.11 Å². The summed E-state index contributed by atoms with van der Waals surface area (Å²) in [6, 6.07) is 13.4. The maximum Gasteiger partial charge on any atom is 0.194 e. The van der Waals surface area contributed by atoms with E-state index >= 15 is 0 Å². The monoisotopic (exact) mass is 384 g/mol. The summed E-state index contributed by atoms with van der Waals surface area (Å²) in [5, 5.41) is 13.4. The number of piperazine rings is 1. The lowest BCUT2D eigenvalue weighted by atomic mass is 10.2. The first-order chi connectivity index (χ1) is 13.6. The fourth-order valence-corrected chi connectivity index (χ4v) is 3.31. The molecule has 2 N–H and O–H groups in total. The third-order valence-electron chi connectivity index (χ3n) is 4.95. The van der Waals surface area contributed by atoms with Gasteiger partial charge in [-0.1, -0.05) is 0 Å². The molecule has 0 aromatic heterocycles. The number of ether oxygens (including phenoxy) is 2. The van der Waals surface area contributed by atoms with Crippen LogP contribution in [-0.4, -0.2) is 63.4 Å². The number of aromatic hydroxyl groups is 1. The van der Waals surface area contributed by atoms with Gasteiger partial charge in [0.25, 0.3) is 0 Å². The number of aliphatic imine (C=N–C) groups is 1. The van der Waals surface area contributed by atoms with E-state index in [-0.39, 0.29) is 5.75 Å². The summed E-state index contributed by atoms with van der Waals surface area (Å²) < 4.78 is 10.5. The van der Waals surface area contributed by atoms with Crippen molar-refractivity contribution in [2.75, 3.05) is 52.3 Å². The summed E-state index contributed by atoms with van der Waals surface area (Å²) in [6.45, 7) is 4.05. The number of phenolic OH excluding ortho intramolecular Hbond substituents is 1. The van der Waals surface area contributed by atoms with Crippen LogP contribution in [-0.2, 0) is 6.54 Å². The van der Waals surface area contributed by atoms with E-state index in [1.165, 1.54) is 5.69 Å². The lowest BCUT2D eigenvalue weighted by molar-refractivity contribution is 0.371. The molecule has 0 atom stereocenters. The topological polar surface area (TPSA) is 69.6 Å². The Morgan fingerprint density at radius 3 is 2.25 bits per heavy atom. The van der Waals surface area contributed by atoms with E-state index in [1.807, 2.05) is 18.2 Å². The predicted molar refractivity (Wildman–Crippen MR) is 112 cm³/mol. The summed E-state index contributed by atoms with van der Waals surface area (Å²) in [7, 11) is 5.08. The average molecular weight is 384 g/mol. The molecule has 0 saturated carbocycles. The highest BCUT2D eigenvalue weighted by atomic mass is 16.5. The maximum atomic E-state index is 10.1. The van der Waals surface area contributed by atoms with Crippen LogP contribution in [0.5, 0.6) is 17.2 Å². The Kier molecular flexibility index (Phi) is 6.47. The van der Waals surface area contributed by atoms with Crippen molar-refractivity contribution >= 4 is 11.6 Å². The summed E-state index contributed by atoms with van der Waals surface area (Å²) in [5.41, 5.74) is 1.97. The van der Waals surface area contributed by atoms with E-state index in [1.54, 1.807) is 33.4 Å². The number of benzene rings is 2. The molecule has 150 valence electrons. The molecule has 1 aliphatic rings. The number of anilines is 1. The summed E-state index contributed by atoms with van der Waals surface area (Å²) in [4.78, 5) is 8.99. The molecule has 2 aromatic rings. The van der Waals surface area contributed by atoms with Crippen LogP contribution in [0.2, 0.25) is 0 Å². The Morgan fingerprint density at radius 1 is 1.00 bits per heavy atom. The Hall–Kier alpha value is -3.09. The van der Waals surface area contributed by atoms with Gasteiger partial charge >= 0.3 is 0 Å². The molecule has 7 heteroatoms. The first-order valence-corrected chi connectivity index (χ1v) is 9.35. The van der Waals surface area contributed by atoms with Gasteiger partial charge in [0.05, 0.1) is 14.2 Å². The second-order valence-electron chi connectivity index (χ2n) is 6.57. The van der Waals surface area contributed by atoms with Gasteiger partial charge in [-0.2, -0.15) is 0 Å². The van der Waals surface area contributed by atoms with Gasteiger partial charge in [0.15, 0.2) is 5.96 Å². The molecule has 0 spiro atoms. The fraction of sp³-hybridized carbons (Fsp3) is 0.381. The number of rotatable bonds is 5. The van der Waals surface area contributed by atoms with Crippen molar-refractivity contribution in [1.29, 1.82) is 0 Å². The van der Waals surface area contributed by atoms with Gasteiger partial charge in [0, 0.05) is 51.0 Å². The van der Waals surface area contributed by atoms with Crippen LogP contribution < -0.4 is 19.7 Å². The van der Waals surface area contributed by atoms with Gasteiger partial charge < -0.3 is 29.7 Å². The Balaban J connectivity index is 1.56. The minimum atomic E-state index is 0.244. The molecule has 3 rings (SSSR count). The number of hydrogen-bond donors (Lipinski definition) is 2. The molecule has 0 aliphatic carbocycles. The highest BCUT2D eigenvalue weighted by Gasteiger charge is 2.20. The SMILES string of the molecule is CN=C(NCc1cc(OC)ccc1O)N1CCN(c2ccc(OC)cc2)CC1. The molecular weight excluding hydrogens is 356 g/mol. The predicted octanol–water partition coefficient (Wildman–Crippen LogP) is 2.31. The van der Waals surface area contributed by atoms with Crippen LogP contribution >= 0.6 is 0 Å². The van der Waals surface area contributed by atoms with Crippen molar-refractivity contribution in [3.8, 4) is 17.2 Å². The van der Waals surface area contributed by atoms with Gasteiger partial charge in [-0.15, -0.1) is 0 Å². The maximum absolute atomic E-state index is 10.1. The normalized spacial score (nSPS) is 14.8. The van der Waals surface area contributed by atoms with Gasteiger partial charge in [-0.3, -0.25) is 4.99 Å². The summed E-state index contributed by atoms with van der Waals surface area (Å²) in [6.07, 6.45) is 0. The van der Waals surface area contributed by atoms with Crippen LogP contribution in [0.4, 0.5) is 5.69 Å². The zero-order valence-electron chi connectivity index (χ0n) is 16.7. The van der Waals surface area contributed by atoms with Crippen molar-refractivity contribution < 1.29 is 14.6 Å². The smallest absolute Gasteiger partial charge is 0.194 e. The number of nitrogens with zero attached hydrogens (tertiary/aromatic N) is 3. The van der Waals surface area contributed by atoms with E-state index in [4.69, 9.17) is 9.47 Å². The van der Waals surface area contributed by atoms with Gasteiger partial charge in [-0.25, -0.2) is 0 Å². The average Bonchev–Trinajstić information content (AvgIpc) is 2.76. The van der Waals surface area contributed by atoms with Crippen LogP contribution in [0.15, 0.2) is 47.5 Å². The molecule has 0 amide bonds. The molecule has 1 saturated heterocycles. The molecule has 28 heavy (non-hydrogen) atoms. The van der Waals surface area contributed by atoms with Crippen molar-refractivity contribution in [2.45, 2.75) is 6.54 Å². The van der Waals surface area contributed by atoms with E-state index in [2.05, 4.69) is 32.2 Å². The first kappa shape index (κ1) is 19.7. The number of methoxy groups -OCH3 is 2. The number of hydrogen-bond acceptors (Lipinski definition) is 5. The second kappa shape index (κ2) is 9.21. The first-order valence-electron chi connectivity index (χ1n) is 9.35. The molecule has 0 radical (unpaired) electrons. The molecule has 1 aliphatic heterocycles. The Bertz CT molecular complexity index is 800. The van der Waals surface area contributed by atoms with Crippen LogP contribution in [0.25, 0.3) is 0 Å². The number of phenols is 1. The van der Waals surface area contributed by atoms with E-state index in [0.717, 1.165) is 49.2 Å². The standard InChI is InChI=1S/C21H28N4O3/c1-22-21(23-15-16-14-19(28-3)8-9-20(16)26)25-12-10-24(11-13-25)17-4-6-18(27-2)7-5-17/h4-9,14,26H,10-13,15H2,1-3H3,(H,22,23). The molecule has 7 nitrogen and oxygen atoms in total. The van der Waals surface area contributed by atoms with Crippen LogP contribution in [0.1, 0.15) is 5.56 Å². The quantitative estimate of drug-likeness (QED) is 0.609. The zero-order chi connectivity index (χ0) is 19.9.